The maximum absolute atomic E-state index is 12.8. The lowest BCUT2D eigenvalue weighted by molar-refractivity contribution is 0.0471. The van der Waals surface area contributed by atoms with Crippen LogP contribution < -0.4 is 0 Å². The van der Waals surface area contributed by atoms with Crippen LogP contribution >= 0.6 is 11.6 Å². The van der Waals surface area contributed by atoms with E-state index < -0.39 is 16.0 Å². The number of hydrogen-bond donors (Lipinski definition) is 0. The normalized spacial score (nSPS) is 12.3. The topological polar surface area (TPSA) is 63.7 Å². The molecule has 0 bridgehead atoms. The molecule has 0 aliphatic carbocycles. The highest BCUT2D eigenvalue weighted by Gasteiger charge is 2.24. The summed E-state index contributed by atoms with van der Waals surface area (Å²) >= 11 is 6.19. The van der Waals surface area contributed by atoms with Crippen LogP contribution in [0.3, 0.4) is 0 Å². The Labute approximate surface area is 191 Å². The van der Waals surface area contributed by atoms with E-state index in [0.29, 0.717) is 13.1 Å². The lowest BCUT2D eigenvalue weighted by Gasteiger charge is -2.22. The Hall–Kier alpha value is -1.89. The van der Waals surface area contributed by atoms with Crippen LogP contribution in [0.25, 0.3) is 0 Å². The van der Waals surface area contributed by atoms with E-state index in [9.17, 15) is 13.2 Å². The minimum atomic E-state index is -3.71. The van der Waals surface area contributed by atoms with Crippen LogP contribution in [0.4, 0.5) is 0 Å². The van der Waals surface area contributed by atoms with Crippen LogP contribution in [0.15, 0.2) is 35.2 Å². The Morgan fingerprint density at radius 3 is 2.06 bits per heavy atom. The molecule has 2 aromatic rings. The molecule has 0 heterocycles. The van der Waals surface area contributed by atoms with Gasteiger partial charge in [-0.05, 0) is 59.7 Å². The van der Waals surface area contributed by atoms with E-state index in [0.717, 1.165) is 16.7 Å². The molecular formula is C24H32ClNO4S. The van der Waals surface area contributed by atoms with Gasteiger partial charge in [-0.2, -0.15) is 4.31 Å². The Balaban J connectivity index is 2.30. The zero-order chi connectivity index (χ0) is 23.6. The number of ether oxygens (including phenoxy) is 1. The summed E-state index contributed by atoms with van der Waals surface area (Å²) in [4.78, 5) is 12.8. The second-order valence-corrected chi connectivity index (χ2v) is 11.0. The van der Waals surface area contributed by atoms with Gasteiger partial charge in [-0.15, -0.1) is 0 Å². The molecule has 0 saturated carbocycles. The fraction of sp³-hybridized carbons (Fsp3) is 0.458. The Bertz CT molecular complexity index is 1040. The highest BCUT2D eigenvalue weighted by atomic mass is 35.5. The second-order valence-electron chi connectivity index (χ2n) is 8.65. The predicted octanol–water partition coefficient (Wildman–Crippen LogP) is 5.64. The van der Waals surface area contributed by atoms with Gasteiger partial charge < -0.3 is 4.74 Å². The number of benzene rings is 2. The molecule has 2 rings (SSSR count). The van der Waals surface area contributed by atoms with E-state index in [2.05, 4.69) is 32.9 Å². The van der Waals surface area contributed by atoms with Gasteiger partial charge in [-0.3, -0.25) is 0 Å². The van der Waals surface area contributed by atoms with Crippen LogP contribution in [0.1, 0.15) is 67.2 Å². The maximum Gasteiger partial charge on any atom is 0.340 e. The van der Waals surface area contributed by atoms with Crippen molar-refractivity contribution in [3.63, 3.8) is 0 Å². The molecule has 7 heteroatoms. The number of carbonyl (C=O) groups excluding carboxylic acids is 1. The van der Waals surface area contributed by atoms with E-state index in [1.807, 2.05) is 13.8 Å². The minimum absolute atomic E-state index is 0.0226. The minimum Gasteiger partial charge on any atom is -0.457 e. The predicted molar refractivity (Wildman–Crippen MR) is 125 cm³/mol. The van der Waals surface area contributed by atoms with Crippen molar-refractivity contribution in [3.8, 4) is 0 Å². The Morgan fingerprint density at radius 2 is 1.58 bits per heavy atom. The fourth-order valence-corrected chi connectivity index (χ4v) is 5.08. The first-order valence-electron chi connectivity index (χ1n) is 10.4. The molecule has 5 nitrogen and oxygen atoms in total. The summed E-state index contributed by atoms with van der Waals surface area (Å²) in [6, 6.07) is 8.34. The molecule has 0 radical (unpaired) electrons. The standard InChI is InChI=1S/C24H32ClNO4S/c1-8-26(9-2)31(28,29)19-10-11-22(25)20(14-19)23(27)30-15-21-16(3)12-18(13-17(21)4)24(5,6)7/h10-14H,8-9,15H2,1-7H3. The molecule has 2 aromatic carbocycles. The first-order chi connectivity index (χ1) is 14.3. The lowest BCUT2D eigenvalue weighted by Crippen LogP contribution is -2.30. The number of sulfonamides is 1. The van der Waals surface area contributed by atoms with Gasteiger partial charge in [0.05, 0.1) is 15.5 Å². The van der Waals surface area contributed by atoms with E-state index >= 15 is 0 Å². The monoisotopic (exact) mass is 465 g/mol. The Kier molecular flexibility index (Phi) is 7.95. The van der Waals surface area contributed by atoms with Crippen LogP contribution in [0, 0.1) is 13.8 Å². The molecule has 31 heavy (non-hydrogen) atoms. The summed E-state index contributed by atoms with van der Waals surface area (Å²) in [6.45, 7) is 14.8. The van der Waals surface area contributed by atoms with Gasteiger partial charge in [0.15, 0.2) is 0 Å². The van der Waals surface area contributed by atoms with Gasteiger partial charge in [-0.25, -0.2) is 13.2 Å². The summed E-state index contributed by atoms with van der Waals surface area (Å²) in [6.07, 6.45) is 0. The largest absolute Gasteiger partial charge is 0.457 e. The average Bonchev–Trinajstić information content (AvgIpc) is 2.67. The first-order valence-corrected chi connectivity index (χ1v) is 12.2. The van der Waals surface area contributed by atoms with Crippen molar-refractivity contribution < 1.29 is 17.9 Å². The lowest BCUT2D eigenvalue weighted by atomic mass is 9.84. The maximum atomic E-state index is 12.8. The van der Waals surface area contributed by atoms with Gasteiger partial charge >= 0.3 is 5.97 Å². The van der Waals surface area contributed by atoms with Gasteiger partial charge in [-0.1, -0.05) is 58.4 Å². The van der Waals surface area contributed by atoms with Crippen molar-refractivity contribution in [2.24, 2.45) is 0 Å². The third-order valence-electron chi connectivity index (χ3n) is 5.41. The molecule has 0 aromatic heterocycles. The zero-order valence-electron chi connectivity index (χ0n) is 19.4. The highest BCUT2D eigenvalue weighted by molar-refractivity contribution is 7.89. The van der Waals surface area contributed by atoms with E-state index in [4.69, 9.17) is 16.3 Å². The molecule has 170 valence electrons. The molecule has 0 saturated heterocycles. The van der Waals surface area contributed by atoms with Crippen molar-refractivity contribution in [2.45, 2.75) is 65.4 Å². The molecule has 0 N–H and O–H groups in total. The van der Waals surface area contributed by atoms with Crippen molar-refractivity contribution in [2.75, 3.05) is 13.1 Å². The third kappa shape index (κ3) is 5.68. The SMILES string of the molecule is CCN(CC)S(=O)(=O)c1ccc(Cl)c(C(=O)OCc2c(C)cc(C(C)(C)C)cc2C)c1. The van der Waals surface area contributed by atoms with Crippen LogP contribution in [0.5, 0.6) is 0 Å². The number of rotatable bonds is 7. The number of esters is 1. The van der Waals surface area contributed by atoms with E-state index in [-0.39, 0.29) is 27.5 Å². The molecule has 0 aliphatic rings. The number of hydrogen-bond acceptors (Lipinski definition) is 4. The average molecular weight is 466 g/mol. The van der Waals surface area contributed by atoms with Gasteiger partial charge in [0.2, 0.25) is 10.0 Å². The fourth-order valence-electron chi connectivity index (χ4n) is 3.40. The Morgan fingerprint density at radius 1 is 1.03 bits per heavy atom. The summed E-state index contributed by atoms with van der Waals surface area (Å²) in [5.41, 5.74) is 4.30. The quantitative estimate of drug-likeness (QED) is 0.496. The highest BCUT2D eigenvalue weighted by Crippen LogP contribution is 2.28. The van der Waals surface area contributed by atoms with Crippen molar-refractivity contribution in [1.82, 2.24) is 4.31 Å². The third-order valence-corrected chi connectivity index (χ3v) is 7.79. The number of aryl methyl sites for hydroxylation is 2. The molecule has 0 atom stereocenters. The van der Waals surface area contributed by atoms with Crippen molar-refractivity contribution in [3.05, 3.63) is 63.2 Å². The van der Waals surface area contributed by atoms with Crippen LogP contribution in [0.2, 0.25) is 5.02 Å². The summed E-state index contributed by atoms with van der Waals surface area (Å²) < 4.78 is 32.4. The number of carbonyl (C=O) groups is 1. The molecular weight excluding hydrogens is 434 g/mol. The molecule has 0 amide bonds. The molecule has 0 fully saturated rings. The van der Waals surface area contributed by atoms with Crippen LogP contribution in [-0.2, 0) is 26.8 Å². The van der Waals surface area contributed by atoms with Gasteiger partial charge in [0, 0.05) is 13.1 Å². The van der Waals surface area contributed by atoms with Crippen molar-refractivity contribution >= 4 is 27.6 Å². The second kappa shape index (κ2) is 9.72. The molecule has 0 unspecified atom stereocenters. The summed E-state index contributed by atoms with van der Waals surface area (Å²) in [7, 11) is -3.71. The van der Waals surface area contributed by atoms with E-state index in [1.165, 1.54) is 28.1 Å². The van der Waals surface area contributed by atoms with Crippen LogP contribution in [-0.4, -0.2) is 31.8 Å². The number of halogens is 1. The summed E-state index contributed by atoms with van der Waals surface area (Å²) in [5, 5.41) is 0.153. The van der Waals surface area contributed by atoms with Gasteiger partial charge in [0.1, 0.15) is 6.61 Å². The smallest absolute Gasteiger partial charge is 0.340 e. The van der Waals surface area contributed by atoms with E-state index in [1.54, 1.807) is 13.8 Å². The first kappa shape index (κ1) is 25.4. The molecule has 0 spiro atoms. The molecule has 0 aliphatic heterocycles. The number of nitrogens with zero attached hydrogens (tertiary/aromatic N) is 1. The van der Waals surface area contributed by atoms with Crippen molar-refractivity contribution in [1.29, 1.82) is 0 Å². The summed E-state index contributed by atoms with van der Waals surface area (Å²) in [5.74, 6) is -0.653. The van der Waals surface area contributed by atoms with Gasteiger partial charge in [0.25, 0.3) is 0 Å². The zero-order valence-corrected chi connectivity index (χ0v) is 20.9.